The van der Waals surface area contributed by atoms with Crippen LogP contribution in [-0.2, 0) is 14.6 Å². The van der Waals surface area contributed by atoms with E-state index in [1.165, 1.54) is 6.07 Å². The number of H-pyrrole nitrogens is 1. The Balaban J connectivity index is 1.41. The molecule has 0 radical (unpaired) electrons. The van der Waals surface area contributed by atoms with Crippen LogP contribution in [0.4, 0.5) is 10.8 Å². The first-order valence-corrected chi connectivity index (χ1v) is 13.1. The van der Waals surface area contributed by atoms with Gasteiger partial charge in [-0.2, -0.15) is 0 Å². The number of non-ortho nitro benzene ring substituents is 1. The van der Waals surface area contributed by atoms with Gasteiger partial charge in [0.1, 0.15) is 4.21 Å². The summed E-state index contributed by atoms with van der Waals surface area (Å²) in [6.07, 6.45) is 1.10. The number of hydrogen-bond acceptors (Lipinski definition) is 10. The van der Waals surface area contributed by atoms with Gasteiger partial charge in [-0.15, -0.1) is 0 Å². The van der Waals surface area contributed by atoms with E-state index in [1.54, 1.807) is 0 Å². The third-order valence-corrected chi connectivity index (χ3v) is 8.50. The summed E-state index contributed by atoms with van der Waals surface area (Å²) in [7, 11) is -3.96. The van der Waals surface area contributed by atoms with E-state index in [2.05, 4.69) is 20.3 Å². The molecule has 178 valence electrons. The van der Waals surface area contributed by atoms with Gasteiger partial charge in [-0.25, -0.2) is 18.4 Å². The van der Waals surface area contributed by atoms with Crippen molar-refractivity contribution in [2.45, 2.75) is 14.3 Å². The number of nitrogens with zero attached hydrogens (tertiary/aromatic N) is 3. The molecule has 2 N–H and O–H groups in total. The van der Waals surface area contributed by atoms with Crippen molar-refractivity contribution >= 4 is 49.7 Å². The van der Waals surface area contributed by atoms with Crippen LogP contribution in [0, 0.1) is 10.1 Å². The maximum absolute atomic E-state index is 12.7. The Morgan fingerprint density at radius 1 is 1.14 bits per heavy atom. The number of amides is 1. The number of thiazole rings is 1. The molecule has 14 heteroatoms. The molecular weight excluding hydrogens is 514 g/mol. The van der Waals surface area contributed by atoms with E-state index in [0.717, 1.165) is 59.1 Å². The number of hydrogen-bond donors (Lipinski definition) is 2. The van der Waals surface area contributed by atoms with E-state index < -0.39 is 20.7 Å². The second-order valence-electron chi connectivity index (χ2n) is 6.88. The van der Waals surface area contributed by atoms with Gasteiger partial charge in [-0.05, 0) is 12.1 Å². The molecule has 0 spiro atoms. The van der Waals surface area contributed by atoms with Crippen molar-refractivity contribution in [2.75, 3.05) is 11.1 Å². The molecule has 4 aromatic rings. The minimum atomic E-state index is -3.96. The Labute approximate surface area is 206 Å². The number of sulfone groups is 1. The van der Waals surface area contributed by atoms with Gasteiger partial charge in [0.2, 0.25) is 15.7 Å². The number of anilines is 1. The van der Waals surface area contributed by atoms with Crippen LogP contribution in [0.3, 0.4) is 0 Å². The lowest BCUT2D eigenvalue weighted by Gasteiger charge is -2.04. The normalized spacial score (nSPS) is 11.2. The van der Waals surface area contributed by atoms with Crippen LogP contribution in [0.25, 0.3) is 11.3 Å². The molecule has 35 heavy (non-hydrogen) atoms. The lowest BCUT2D eigenvalue weighted by Crippen LogP contribution is -2.15. The molecule has 0 aliphatic heterocycles. The maximum Gasteiger partial charge on any atom is 0.269 e. The van der Waals surface area contributed by atoms with Crippen LogP contribution in [-0.4, -0.2) is 40.0 Å². The van der Waals surface area contributed by atoms with Gasteiger partial charge in [0.15, 0.2) is 10.3 Å². The fraction of sp³-hybridized carbons (Fsp3) is 0.0476. The van der Waals surface area contributed by atoms with Crippen LogP contribution in [0.5, 0.6) is 0 Å². The van der Waals surface area contributed by atoms with Gasteiger partial charge in [0.25, 0.3) is 11.2 Å². The van der Waals surface area contributed by atoms with Gasteiger partial charge in [-0.1, -0.05) is 53.4 Å². The number of rotatable bonds is 8. The quantitative estimate of drug-likeness (QED) is 0.151. The highest BCUT2D eigenvalue weighted by Gasteiger charge is 2.22. The third kappa shape index (κ3) is 5.79. The Hall–Kier alpha value is -3.88. The fourth-order valence-electron chi connectivity index (χ4n) is 2.85. The topological polar surface area (TPSA) is 165 Å². The summed E-state index contributed by atoms with van der Waals surface area (Å²) in [5, 5.41) is 13.6. The average molecular weight is 530 g/mol. The molecule has 0 aliphatic carbocycles. The predicted molar refractivity (Wildman–Crippen MR) is 130 cm³/mol. The summed E-state index contributed by atoms with van der Waals surface area (Å²) in [6.45, 7) is 0. The number of nitro benzene ring substituents is 1. The lowest BCUT2D eigenvalue weighted by molar-refractivity contribution is -0.384. The zero-order chi connectivity index (χ0) is 25.0. The van der Waals surface area contributed by atoms with Crippen molar-refractivity contribution in [3.63, 3.8) is 0 Å². The summed E-state index contributed by atoms with van der Waals surface area (Å²) in [5.41, 5.74) is 0.638. The monoisotopic (exact) mass is 529 g/mol. The maximum atomic E-state index is 12.7. The van der Waals surface area contributed by atoms with Gasteiger partial charge in [-0.3, -0.25) is 19.7 Å². The smallest absolute Gasteiger partial charge is 0.269 e. The van der Waals surface area contributed by atoms with Gasteiger partial charge >= 0.3 is 0 Å². The Morgan fingerprint density at radius 2 is 1.86 bits per heavy atom. The van der Waals surface area contributed by atoms with Crippen molar-refractivity contribution in [1.82, 2.24) is 15.0 Å². The third-order valence-electron chi connectivity index (χ3n) is 4.48. The summed E-state index contributed by atoms with van der Waals surface area (Å²) in [4.78, 5) is 45.2. The molecule has 0 fully saturated rings. The highest BCUT2D eigenvalue weighted by molar-refractivity contribution is 7.99. The molecule has 0 saturated carbocycles. The molecule has 1 amide bonds. The fourth-order valence-corrected chi connectivity index (χ4v) is 5.98. The van der Waals surface area contributed by atoms with Crippen LogP contribution < -0.4 is 10.9 Å². The first-order valence-electron chi connectivity index (χ1n) is 9.77. The molecule has 0 aliphatic rings. The number of thioether (sulfide) groups is 1. The Bertz CT molecular complexity index is 1550. The summed E-state index contributed by atoms with van der Waals surface area (Å²) < 4.78 is 25.4. The molecule has 2 aromatic carbocycles. The number of aromatic amines is 1. The van der Waals surface area contributed by atoms with Crippen molar-refractivity contribution in [2.24, 2.45) is 0 Å². The van der Waals surface area contributed by atoms with Crippen LogP contribution in [0.2, 0.25) is 0 Å². The summed E-state index contributed by atoms with van der Waals surface area (Å²) in [6, 6.07) is 14.9. The first-order chi connectivity index (χ1) is 16.7. The largest absolute Gasteiger partial charge is 0.301 e. The molecule has 0 unspecified atom stereocenters. The van der Waals surface area contributed by atoms with E-state index in [4.69, 9.17) is 0 Å². The Morgan fingerprint density at radius 3 is 2.54 bits per heavy atom. The highest BCUT2D eigenvalue weighted by Crippen LogP contribution is 2.29. The minimum Gasteiger partial charge on any atom is -0.301 e. The summed E-state index contributed by atoms with van der Waals surface area (Å²) in [5.74, 6) is -0.582. The number of nitrogens with one attached hydrogen (secondary N) is 2. The Kier molecular flexibility index (Phi) is 7.04. The molecule has 0 atom stereocenters. The molecule has 2 aromatic heterocycles. The van der Waals surface area contributed by atoms with E-state index in [0.29, 0.717) is 5.69 Å². The van der Waals surface area contributed by atoms with Crippen molar-refractivity contribution < 1.29 is 18.1 Å². The molecule has 0 bridgehead atoms. The molecule has 11 nitrogen and oxygen atoms in total. The van der Waals surface area contributed by atoms with Crippen molar-refractivity contribution in [3.8, 4) is 11.3 Å². The average Bonchev–Trinajstić information content (AvgIpc) is 3.32. The van der Waals surface area contributed by atoms with E-state index in [9.17, 15) is 28.1 Å². The number of nitro groups is 1. The number of carbonyl (C=O) groups excluding carboxylic acids is 1. The van der Waals surface area contributed by atoms with Gasteiger partial charge in [0, 0.05) is 23.8 Å². The van der Waals surface area contributed by atoms with Gasteiger partial charge in [0.05, 0.1) is 27.5 Å². The standard InChI is InChI=1S/C21H15N5O6S3/c27-17-10-16(13-4-2-1-3-5-13)23-21(24-17)33-12-18(28)25-20-22-11-19(34-20)35(31,32)15-8-6-14(7-9-15)26(29)30/h1-11H,12H2,(H,22,25,28)(H,23,24,27). The van der Waals surface area contributed by atoms with E-state index in [1.807, 2.05) is 30.3 Å². The molecule has 2 heterocycles. The second-order valence-corrected chi connectivity index (χ2v) is 11.0. The van der Waals surface area contributed by atoms with Crippen LogP contribution in [0.15, 0.2) is 85.9 Å². The van der Waals surface area contributed by atoms with E-state index in [-0.39, 0.29) is 36.4 Å². The SMILES string of the molecule is O=C(CSc1nc(-c2ccccc2)cc(=O)[nH]1)Nc1ncc(S(=O)(=O)c2ccc([N+](=O)[O-])cc2)s1. The van der Waals surface area contributed by atoms with Crippen LogP contribution in [0.1, 0.15) is 0 Å². The number of benzene rings is 2. The molecule has 4 rings (SSSR count). The van der Waals surface area contributed by atoms with Crippen LogP contribution >= 0.6 is 23.1 Å². The van der Waals surface area contributed by atoms with E-state index >= 15 is 0 Å². The highest BCUT2D eigenvalue weighted by atomic mass is 32.2. The first kappa shape index (κ1) is 24.3. The zero-order valence-electron chi connectivity index (χ0n) is 17.6. The zero-order valence-corrected chi connectivity index (χ0v) is 20.0. The lowest BCUT2D eigenvalue weighted by atomic mass is 10.1. The molecule has 0 saturated heterocycles. The minimum absolute atomic E-state index is 0.0653. The van der Waals surface area contributed by atoms with Gasteiger partial charge < -0.3 is 10.3 Å². The second kappa shape index (κ2) is 10.2. The summed E-state index contributed by atoms with van der Waals surface area (Å²) >= 11 is 1.76. The van der Waals surface area contributed by atoms with Crippen molar-refractivity contribution in [1.29, 1.82) is 0 Å². The molecular formula is C21H15N5O6S3. The van der Waals surface area contributed by atoms with Crippen molar-refractivity contribution in [3.05, 3.63) is 87.3 Å². The number of aromatic nitrogens is 3. The number of carbonyl (C=O) groups is 1. The predicted octanol–water partition coefficient (Wildman–Crippen LogP) is 3.37.